The van der Waals surface area contributed by atoms with Crippen LogP contribution in [0.3, 0.4) is 0 Å². The second-order valence-corrected chi connectivity index (χ2v) is 7.02. The summed E-state index contributed by atoms with van der Waals surface area (Å²) in [5.74, 6) is -1.07. The number of carboxylic acid groups (broad SMARTS) is 1. The molecule has 2 aromatic rings. The minimum Gasteiger partial charge on any atom is -0.549 e. The van der Waals surface area contributed by atoms with E-state index in [1.807, 2.05) is 42.7 Å². The van der Waals surface area contributed by atoms with Gasteiger partial charge >= 0.3 is 0 Å². The number of carbonyl (C=O) groups is 1. The molecule has 24 heavy (non-hydrogen) atoms. The summed E-state index contributed by atoms with van der Waals surface area (Å²) < 4.78 is 1.89. The number of aliphatic hydroxyl groups excluding tert-OH is 1. The molecule has 0 aliphatic rings. The SMILES string of the molecule is CCCC[C@@H](Sc1nc(CO)cn1Cc1ccc(C)cc1)C(=O)[O-]. The van der Waals surface area contributed by atoms with Crippen LogP contribution in [0.2, 0.25) is 0 Å². The van der Waals surface area contributed by atoms with E-state index < -0.39 is 11.2 Å². The average Bonchev–Trinajstić information content (AvgIpc) is 2.95. The molecule has 0 saturated heterocycles. The Hall–Kier alpha value is -1.79. The number of thioether (sulfide) groups is 1. The van der Waals surface area contributed by atoms with Crippen molar-refractivity contribution in [2.75, 3.05) is 0 Å². The van der Waals surface area contributed by atoms with E-state index in [9.17, 15) is 15.0 Å². The molecular formula is C18H23N2O3S-. The fourth-order valence-electron chi connectivity index (χ4n) is 2.37. The van der Waals surface area contributed by atoms with Gasteiger partial charge in [-0.25, -0.2) is 4.98 Å². The number of aliphatic carboxylic acids is 1. The Labute approximate surface area is 146 Å². The molecule has 0 amide bonds. The van der Waals surface area contributed by atoms with Crippen LogP contribution in [0.1, 0.15) is 43.0 Å². The van der Waals surface area contributed by atoms with Gasteiger partial charge in [0.25, 0.3) is 0 Å². The van der Waals surface area contributed by atoms with Crippen molar-refractivity contribution < 1.29 is 15.0 Å². The third kappa shape index (κ3) is 5.11. The molecule has 1 aromatic carbocycles. The molecular weight excluding hydrogens is 324 g/mol. The summed E-state index contributed by atoms with van der Waals surface area (Å²) in [7, 11) is 0. The van der Waals surface area contributed by atoms with Gasteiger partial charge in [-0.15, -0.1) is 0 Å². The van der Waals surface area contributed by atoms with Crippen molar-refractivity contribution in [3.63, 3.8) is 0 Å². The highest BCUT2D eigenvalue weighted by molar-refractivity contribution is 8.00. The smallest absolute Gasteiger partial charge is 0.169 e. The van der Waals surface area contributed by atoms with Gasteiger partial charge in [-0.05, 0) is 18.9 Å². The second-order valence-electron chi connectivity index (χ2n) is 5.85. The number of imidazole rings is 1. The van der Waals surface area contributed by atoms with E-state index >= 15 is 0 Å². The number of carboxylic acids is 1. The van der Waals surface area contributed by atoms with Gasteiger partial charge in [0.1, 0.15) is 0 Å². The number of hydrogen-bond acceptors (Lipinski definition) is 5. The Balaban J connectivity index is 2.20. The first-order valence-electron chi connectivity index (χ1n) is 8.13. The van der Waals surface area contributed by atoms with E-state index in [0.717, 1.165) is 18.4 Å². The first kappa shape index (κ1) is 18.5. The fraction of sp³-hybridized carbons (Fsp3) is 0.444. The lowest BCUT2D eigenvalue weighted by Crippen LogP contribution is -2.33. The van der Waals surface area contributed by atoms with Crippen LogP contribution in [-0.2, 0) is 17.9 Å². The lowest BCUT2D eigenvalue weighted by molar-refractivity contribution is -0.304. The zero-order valence-corrected chi connectivity index (χ0v) is 14.9. The molecule has 130 valence electrons. The number of unbranched alkanes of at least 4 members (excludes halogenated alkanes) is 1. The molecule has 0 unspecified atom stereocenters. The van der Waals surface area contributed by atoms with Crippen LogP contribution < -0.4 is 5.11 Å². The molecule has 1 N–H and O–H groups in total. The summed E-state index contributed by atoms with van der Waals surface area (Å²) in [5.41, 5.74) is 2.83. The predicted octanol–water partition coefficient (Wildman–Crippen LogP) is 2.13. The number of benzene rings is 1. The van der Waals surface area contributed by atoms with Crippen molar-refractivity contribution in [1.29, 1.82) is 0 Å². The third-order valence-electron chi connectivity index (χ3n) is 3.76. The molecule has 6 heteroatoms. The van der Waals surface area contributed by atoms with Gasteiger partial charge in [0.05, 0.1) is 23.5 Å². The molecule has 0 fully saturated rings. The largest absolute Gasteiger partial charge is 0.549 e. The molecule has 5 nitrogen and oxygen atoms in total. The Morgan fingerprint density at radius 3 is 2.67 bits per heavy atom. The quantitative estimate of drug-likeness (QED) is 0.703. The Bertz CT molecular complexity index is 667. The number of rotatable bonds is 9. The van der Waals surface area contributed by atoms with Crippen molar-refractivity contribution in [3.05, 3.63) is 47.3 Å². The molecule has 0 saturated carbocycles. The summed E-state index contributed by atoms with van der Waals surface area (Å²) in [6.45, 7) is 4.48. The van der Waals surface area contributed by atoms with E-state index in [1.165, 1.54) is 17.3 Å². The normalized spacial score (nSPS) is 12.3. The van der Waals surface area contributed by atoms with Crippen LogP contribution in [0, 0.1) is 6.92 Å². The van der Waals surface area contributed by atoms with Crippen LogP contribution in [0.15, 0.2) is 35.6 Å². The molecule has 1 heterocycles. The first-order valence-corrected chi connectivity index (χ1v) is 9.01. The molecule has 0 aliphatic carbocycles. The van der Waals surface area contributed by atoms with Crippen LogP contribution in [0.4, 0.5) is 0 Å². The molecule has 0 aliphatic heterocycles. The van der Waals surface area contributed by atoms with Crippen LogP contribution >= 0.6 is 11.8 Å². The maximum absolute atomic E-state index is 11.4. The predicted molar refractivity (Wildman–Crippen MR) is 92.6 cm³/mol. The van der Waals surface area contributed by atoms with Crippen LogP contribution in [0.5, 0.6) is 0 Å². The molecule has 1 atom stereocenters. The van der Waals surface area contributed by atoms with Crippen molar-refractivity contribution in [2.24, 2.45) is 0 Å². The zero-order chi connectivity index (χ0) is 17.5. The monoisotopic (exact) mass is 347 g/mol. The average molecular weight is 347 g/mol. The fourth-order valence-corrected chi connectivity index (χ4v) is 3.42. The van der Waals surface area contributed by atoms with Crippen LogP contribution in [0.25, 0.3) is 0 Å². The zero-order valence-electron chi connectivity index (χ0n) is 14.1. The van der Waals surface area contributed by atoms with Gasteiger partial charge in [0.2, 0.25) is 0 Å². The van der Waals surface area contributed by atoms with E-state index in [-0.39, 0.29) is 6.61 Å². The van der Waals surface area contributed by atoms with Crippen molar-refractivity contribution in [1.82, 2.24) is 9.55 Å². The lowest BCUT2D eigenvalue weighted by Gasteiger charge is -2.17. The first-order chi connectivity index (χ1) is 11.5. The molecule has 2 rings (SSSR count). The number of aromatic nitrogens is 2. The highest BCUT2D eigenvalue weighted by Crippen LogP contribution is 2.27. The topological polar surface area (TPSA) is 78.2 Å². The van der Waals surface area contributed by atoms with Crippen LogP contribution in [-0.4, -0.2) is 25.9 Å². The van der Waals surface area contributed by atoms with Gasteiger partial charge in [0, 0.05) is 12.7 Å². The van der Waals surface area contributed by atoms with Crippen molar-refractivity contribution in [2.45, 2.75) is 56.7 Å². The van der Waals surface area contributed by atoms with E-state index in [4.69, 9.17) is 0 Å². The molecule has 1 aromatic heterocycles. The summed E-state index contributed by atoms with van der Waals surface area (Å²) >= 11 is 1.20. The summed E-state index contributed by atoms with van der Waals surface area (Å²) in [6, 6.07) is 8.15. The molecule has 0 bridgehead atoms. The summed E-state index contributed by atoms with van der Waals surface area (Å²) in [5, 5.41) is 20.7. The molecule has 0 radical (unpaired) electrons. The Morgan fingerprint density at radius 1 is 1.38 bits per heavy atom. The van der Waals surface area contributed by atoms with Gasteiger partial charge in [-0.2, -0.15) is 0 Å². The molecule has 0 spiro atoms. The van der Waals surface area contributed by atoms with Gasteiger partial charge in [-0.1, -0.05) is 61.4 Å². The highest BCUT2D eigenvalue weighted by atomic mass is 32.2. The maximum Gasteiger partial charge on any atom is 0.169 e. The minimum absolute atomic E-state index is 0.167. The van der Waals surface area contributed by atoms with Crippen molar-refractivity contribution >= 4 is 17.7 Å². The third-order valence-corrected chi connectivity index (χ3v) is 5.01. The number of hydrogen-bond donors (Lipinski definition) is 1. The van der Waals surface area contributed by atoms with E-state index in [0.29, 0.717) is 23.8 Å². The van der Waals surface area contributed by atoms with E-state index in [1.54, 1.807) is 6.20 Å². The van der Waals surface area contributed by atoms with Gasteiger partial charge < -0.3 is 19.6 Å². The Morgan fingerprint density at radius 2 is 2.08 bits per heavy atom. The Kier molecular flexibility index (Phi) is 6.87. The standard InChI is InChI=1S/C18H24N2O3S/c1-3-4-5-16(17(22)23)24-18-19-15(12-21)11-20(18)10-14-8-6-13(2)7-9-14/h6-9,11,16,21H,3-5,10,12H2,1-2H3,(H,22,23)/p-1/t16-/m1/s1. The number of aryl methyl sites for hydroxylation is 1. The second kappa shape index (κ2) is 8.89. The minimum atomic E-state index is -1.07. The number of nitrogens with zero attached hydrogens (tertiary/aromatic N) is 2. The lowest BCUT2D eigenvalue weighted by atomic mass is 10.1. The summed E-state index contributed by atoms with van der Waals surface area (Å²) in [4.78, 5) is 15.7. The van der Waals surface area contributed by atoms with E-state index in [2.05, 4.69) is 4.98 Å². The number of aliphatic hydroxyl groups is 1. The number of carbonyl (C=O) groups excluding carboxylic acids is 1. The highest BCUT2D eigenvalue weighted by Gasteiger charge is 2.17. The van der Waals surface area contributed by atoms with Crippen molar-refractivity contribution in [3.8, 4) is 0 Å². The van der Waals surface area contributed by atoms with Gasteiger partial charge in [0.15, 0.2) is 5.16 Å². The van der Waals surface area contributed by atoms with Gasteiger partial charge in [-0.3, -0.25) is 0 Å². The summed E-state index contributed by atoms with van der Waals surface area (Å²) in [6.07, 6.45) is 4.09. The maximum atomic E-state index is 11.4.